The van der Waals surface area contributed by atoms with E-state index in [-0.39, 0.29) is 6.04 Å². The zero-order valence-electron chi connectivity index (χ0n) is 12.7. The quantitative estimate of drug-likeness (QED) is 0.794. The van der Waals surface area contributed by atoms with Crippen LogP contribution < -0.4 is 10.2 Å². The summed E-state index contributed by atoms with van der Waals surface area (Å²) in [5.74, 6) is 0. The van der Waals surface area contributed by atoms with Crippen LogP contribution in [0.5, 0.6) is 0 Å². The number of anilines is 2. The fraction of sp³-hybridized carbons (Fsp3) is 0.294. The lowest BCUT2D eigenvalue weighted by molar-refractivity contribution is 0.884. The lowest BCUT2D eigenvalue weighted by Gasteiger charge is -2.21. The molecule has 21 heavy (non-hydrogen) atoms. The number of nitrogens with one attached hydrogen (secondary N) is 1. The Labute approximate surface area is 136 Å². The molecule has 1 unspecified atom stereocenters. The summed E-state index contributed by atoms with van der Waals surface area (Å²) in [7, 11) is 4.09. The van der Waals surface area contributed by atoms with Gasteiger partial charge in [0.15, 0.2) is 0 Å². The van der Waals surface area contributed by atoms with Gasteiger partial charge in [-0.3, -0.25) is 0 Å². The van der Waals surface area contributed by atoms with Crippen LogP contribution in [0.4, 0.5) is 11.4 Å². The molecule has 0 bridgehead atoms. The van der Waals surface area contributed by atoms with E-state index in [0.29, 0.717) is 5.02 Å². The van der Waals surface area contributed by atoms with Crippen molar-refractivity contribution in [3.63, 3.8) is 0 Å². The van der Waals surface area contributed by atoms with Crippen molar-refractivity contribution in [1.82, 2.24) is 0 Å². The molecule has 0 spiro atoms. The van der Waals surface area contributed by atoms with Gasteiger partial charge in [0.2, 0.25) is 0 Å². The van der Waals surface area contributed by atoms with E-state index in [1.54, 1.807) is 6.07 Å². The van der Waals surface area contributed by atoms with Crippen LogP contribution in [0.3, 0.4) is 0 Å². The zero-order valence-corrected chi connectivity index (χ0v) is 14.3. The molecule has 1 N–H and O–H groups in total. The Morgan fingerprint density at radius 3 is 2.43 bits per heavy atom. The SMILES string of the molecule is Cc1ccc(NC(C)c2cc(Cl)ccc2Cl)cc1N(C)C. The highest BCUT2D eigenvalue weighted by atomic mass is 35.5. The number of benzene rings is 2. The first-order valence-corrected chi connectivity index (χ1v) is 7.63. The van der Waals surface area contributed by atoms with Crippen LogP contribution in [-0.4, -0.2) is 14.1 Å². The maximum atomic E-state index is 6.26. The molecular weight excluding hydrogens is 303 g/mol. The summed E-state index contributed by atoms with van der Waals surface area (Å²) < 4.78 is 0. The molecule has 2 aromatic rings. The van der Waals surface area contributed by atoms with Crippen molar-refractivity contribution in [3.05, 3.63) is 57.6 Å². The number of hydrogen-bond donors (Lipinski definition) is 1. The molecule has 0 radical (unpaired) electrons. The molecule has 2 nitrogen and oxygen atoms in total. The lowest BCUT2D eigenvalue weighted by atomic mass is 10.1. The molecule has 0 aromatic heterocycles. The van der Waals surface area contributed by atoms with Crippen molar-refractivity contribution < 1.29 is 0 Å². The minimum absolute atomic E-state index is 0.0777. The molecule has 112 valence electrons. The summed E-state index contributed by atoms with van der Waals surface area (Å²) >= 11 is 12.3. The molecule has 0 saturated carbocycles. The Bertz CT molecular complexity index is 639. The first kappa shape index (κ1) is 16.0. The van der Waals surface area contributed by atoms with Gasteiger partial charge in [0.1, 0.15) is 0 Å². The molecule has 2 aromatic carbocycles. The Morgan fingerprint density at radius 2 is 1.76 bits per heavy atom. The van der Waals surface area contributed by atoms with Crippen molar-refractivity contribution in [2.75, 3.05) is 24.3 Å². The molecule has 0 aliphatic heterocycles. The van der Waals surface area contributed by atoms with Crippen molar-refractivity contribution in [3.8, 4) is 0 Å². The number of rotatable bonds is 4. The minimum Gasteiger partial charge on any atom is -0.378 e. The van der Waals surface area contributed by atoms with E-state index in [9.17, 15) is 0 Å². The fourth-order valence-corrected chi connectivity index (χ4v) is 2.82. The fourth-order valence-electron chi connectivity index (χ4n) is 2.36. The van der Waals surface area contributed by atoms with Gasteiger partial charge in [-0.05, 0) is 55.3 Å². The van der Waals surface area contributed by atoms with Crippen LogP contribution in [0.1, 0.15) is 24.1 Å². The molecule has 0 heterocycles. The van der Waals surface area contributed by atoms with E-state index in [4.69, 9.17) is 23.2 Å². The summed E-state index contributed by atoms with van der Waals surface area (Å²) in [6, 6.07) is 12.0. The van der Waals surface area contributed by atoms with Crippen LogP contribution in [0, 0.1) is 6.92 Å². The Balaban J connectivity index is 2.25. The van der Waals surface area contributed by atoms with Gasteiger partial charge >= 0.3 is 0 Å². The topological polar surface area (TPSA) is 15.3 Å². The monoisotopic (exact) mass is 322 g/mol. The van der Waals surface area contributed by atoms with Crippen LogP contribution in [0.2, 0.25) is 10.0 Å². The minimum atomic E-state index is 0.0777. The summed E-state index contributed by atoms with van der Waals surface area (Å²) in [5, 5.41) is 4.90. The van der Waals surface area contributed by atoms with Gasteiger partial charge in [-0.2, -0.15) is 0 Å². The molecular formula is C17H20Cl2N2. The summed E-state index contributed by atoms with van der Waals surface area (Å²) in [4.78, 5) is 2.11. The summed E-state index contributed by atoms with van der Waals surface area (Å²) in [5.41, 5.74) is 4.51. The van der Waals surface area contributed by atoms with E-state index >= 15 is 0 Å². The predicted molar refractivity (Wildman–Crippen MR) is 94.0 cm³/mol. The smallest absolute Gasteiger partial charge is 0.0500 e. The largest absolute Gasteiger partial charge is 0.378 e. The van der Waals surface area contributed by atoms with Crippen molar-refractivity contribution in [1.29, 1.82) is 0 Å². The van der Waals surface area contributed by atoms with Gasteiger partial charge < -0.3 is 10.2 Å². The average Bonchev–Trinajstić information content (AvgIpc) is 2.43. The van der Waals surface area contributed by atoms with Gasteiger partial charge in [-0.25, -0.2) is 0 Å². The molecule has 4 heteroatoms. The van der Waals surface area contributed by atoms with Gasteiger partial charge in [0.05, 0.1) is 6.04 Å². The lowest BCUT2D eigenvalue weighted by Crippen LogP contribution is -2.12. The number of halogens is 2. The standard InChI is InChI=1S/C17H20Cl2N2/c1-11-5-7-14(10-17(11)21(3)4)20-12(2)15-9-13(18)6-8-16(15)19/h5-10,12,20H,1-4H3. The third-order valence-corrected chi connectivity index (χ3v) is 4.08. The first-order valence-electron chi connectivity index (χ1n) is 6.88. The highest BCUT2D eigenvalue weighted by molar-refractivity contribution is 6.33. The van der Waals surface area contributed by atoms with E-state index in [1.165, 1.54) is 11.3 Å². The molecule has 0 aliphatic carbocycles. The van der Waals surface area contributed by atoms with Crippen molar-refractivity contribution >= 4 is 34.6 Å². The maximum Gasteiger partial charge on any atom is 0.0500 e. The Kier molecular flexibility index (Phi) is 5.02. The van der Waals surface area contributed by atoms with Crippen molar-refractivity contribution in [2.45, 2.75) is 19.9 Å². The van der Waals surface area contributed by atoms with Crippen molar-refractivity contribution in [2.24, 2.45) is 0 Å². The van der Waals surface area contributed by atoms with Gasteiger partial charge in [-0.15, -0.1) is 0 Å². The highest BCUT2D eigenvalue weighted by Crippen LogP contribution is 2.30. The van der Waals surface area contributed by atoms with Crippen LogP contribution in [-0.2, 0) is 0 Å². The Hall–Kier alpha value is -1.38. The second-order valence-electron chi connectivity index (χ2n) is 5.43. The second-order valence-corrected chi connectivity index (χ2v) is 6.27. The zero-order chi connectivity index (χ0) is 15.6. The van der Waals surface area contributed by atoms with Crippen LogP contribution >= 0.6 is 23.2 Å². The van der Waals surface area contributed by atoms with Gasteiger partial charge in [-0.1, -0.05) is 29.3 Å². The summed E-state index contributed by atoms with van der Waals surface area (Å²) in [6.07, 6.45) is 0. The number of hydrogen-bond acceptors (Lipinski definition) is 2. The predicted octanol–water partition coefficient (Wildman–Crippen LogP) is 5.54. The molecule has 0 aliphatic rings. The van der Waals surface area contributed by atoms with E-state index in [2.05, 4.69) is 42.3 Å². The normalized spacial score (nSPS) is 12.1. The molecule has 1 atom stereocenters. The van der Waals surface area contributed by atoms with E-state index < -0.39 is 0 Å². The molecule has 0 saturated heterocycles. The van der Waals surface area contributed by atoms with Crippen LogP contribution in [0.15, 0.2) is 36.4 Å². The van der Waals surface area contributed by atoms with Gasteiger partial charge in [0.25, 0.3) is 0 Å². The first-order chi connectivity index (χ1) is 9.88. The number of aryl methyl sites for hydroxylation is 1. The third-order valence-electron chi connectivity index (χ3n) is 3.50. The van der Waals surface area contributed by atoms with Crippen LogP contribution in [0.25, 0.3) is 0 Å². The molecule has 0 fully saturated rings. The van der Waals surface area contributed by atoms with E-state index in [1.807, 2.05) is 26.2 Å². The van der Waals surface area contributed by atoms with Gasteiger partial charge in [0, 0.05) is 35.5 Å². The highest BCUT2D eigenvalue weighted by Gasteiger charge is 2.11. The maximum absolute atomic E-state index is 6.26. The average molecular weight is 323 g/mol. The van der Waals surface area contributed by atoms with E-state index in [0.717, 1.165) is 16.3 Å². The summed E-state index contributed by atoms with van der Waals surface area (Å²) in [6.45, 7) is 4.18. The molecule has 2 rings (SSSR count). The number of nitrogens with zero attached hydrogens (tertiary/aromatic N) is 1. The Morgan fingerprint density at radius 1 is 1.05 bits per heavy atom. The molecule has 0 amide bonds. The second kappa shape index (κ2) is 6.59. The third kappa shape index (κ3) is 3.84.